The number of allylic oxidation sites excluding steroid dienone is 1. The number of carbonyl (C=O) groups is 1. The molecule has 1 spiro atoms. The summed E-state index contributed by atoms with van der Waals surface area (Å²) in [5, 5.41) is 0.413. The highest BCUT2D eigenvalue weighted by Gasteiger charge is 2.50. The van der Waals surface area contributed by atoms with Crippen molar-refractivity contribution in [2.45, 2.75) is 82.1 Å². The van der Waals surface area contributed by atoms with Gasteiger partial charge in [-0.3, -0.25) is 19.3 Å². The quantitative estimate of drug-likeness (QED) is 0.224. The molecule has 302 valence electrons. The standard InChI is InChI=1S/C44H58ClN5O5S/c1-30-8-6-17-44(53-4,28-49-20-18-48(19-21-49)25-41-46-31(2)26-54-41)38-13-10-35(38)24-50-27-43(16-7-9-33-22-36(45)12-14-37(33)43)29-55-40-15-11-34(23-39(40)50)42(51)47-56(5,52)32(30)3/h6,11-12,14-15,17,22-23,26,30,32,35,38H,5,7-10,13,16,18-21,24-25,27-29H2,1-4H3,(H,47,51,52)/b17-6+/t30-,32+,35-,38+,43-,44+,56?/m0/s1. The Morgan fingerprint density at radius 2 is 1.91 bits per heavy atom. The number of amides is 1. The number of aryl methyl sites for hydroxylation is 2. The predicted octanol–water partition coefficient (Wildman–Crippen LogP) is 6.68. The third-order valence-corrected chi connectivity index (χ3v) is 16.1. The number of hydrogen-bond acceptors (Lipinski definition) is 9. The number of anilines is 1. The van der Waals surface area contributed by atoms with Crippen molar-refractivity contribution >= 4 is 38.8 Å². The number of piperazine rings is 1. The zero-order valence-corrected chi connectivity index (χ0v) is 35.0. The molecule has 3 aromatic rings. The average Bonchev–Trinajstić information content (AvgIpc) is 3.51. The summed E-state index contributed by atoms with van der Waals surface area (Å²) in [5.74, 6) is 5.89. The van der Waals surface area contributed by atoms with Gasteiger partial charge >= 0.3 is 0 Å². The van der Waals surface area contributed by atoms with E-state index in [4.69, 9.17) is 25.5 Å². The van der Waals surface area contributed by atoms with E-state index < -0.39 is 15.3 Å². The van der Waals surface area contributed by atoms with Crippen LogP contribution in [-0.2, 0) is 32.8 Å². The Balaban J connectivity index is 1.14. The van der Waals surface area contributed by atoms with Gasteiger partial charge in [-0.25, -0.2) is 9.19 Å². The van der Waals surface area contributed by atoms with E-state index in [9.17, 15) is 9.00 Å². The maximum absolute atomic E-state index is 14.1. The zero-order chi connectivity index (χ0) is 39.2. The van der Waals surface area contributed by atoms with Crippen molar-refractivity contribution in [3.63, 3.8) is 0 Å². The monoisotopic (exact) mass is 803 g/mol. The Morgan fingerprint density at radius 3 is 2.64 bits per heavy atom. The van der Waals surface area contributed by atoms with E-state index in [1.807, 2.05) is 39.2 Å². The van der Waals surface area contributed by atoms with E-state index in [2.05, 4.69) is 61.5 Å². The van der Waals surface area contributed by atoms with Crippen molar-refractivity contribution in [3.8, 4) is 5.75 Å². The van der Waals surface area contributed by atoms with Crippen LogP contribution < -0.4 is 14.4 Å². The van der Waals surface area contributed by atoms with Crippen LogP contribution in [0.2, 0.25) is 5.02 Å². The van der Waals surface area contributed by atoms with Crippen molar-refractivity contribution in [3.05, 3.63) is 88.1 Å². The number of rotatable bonds is 5. The Hall–Kier alpha value is -3.35. The first-order chi connectivity index (χ1) is 26.9. The number of carbonyl (C=O) groups excluding carboxylic acids is 1. The van der Waals surface area contributed by atoms with Gasteiger partial charge in [0.15, 0.2) is 0 Å². The van der Waals surface area contributed by atoms with E-state index in [0.29, 0.717) is 24.5 Å². The summed E-state index contributed by atoms with van der Waals surface area (Å²) in [6, 6.07) is 12.0. The molecule has 1 N–H and O–H groups in total. The van der Waals surface area contributed by atoms with Gasteiger partial charge in [-0.2, -0.15) is 0 Å². The maximum Gasteiger partial charge on any atom is 0.262 e. The summed E-state index contributed by atoms with van der Waals surface area (Å²) >= 11 is 6.53. The van der Waals surface area contributed by atoms with Crippen LogP contribution in [0.5, 0.6) is 5.75 Å². The third kappa shape index (κ3) is 7.78. The van der Waals surface area contributed by atoms with Crippen LogP contribution in [0.1, 0.15) is 79.0 Å². The van der Waals surface area contributed by atoms with Crippen LogP contribution in [0.15, 0.2) is 59.2 Å². The molecular weight excluding hydrogens is 746 g/mol. The number of nitrogens with zero attached hydrogens (tertiary/aromatic N) is 4. The van der Waals surface area contributed by atoms with Gasteiger partial charge in [0, 0.05) is 74.2 Å². The first kappa shape index (κ1) is 39.5. The van der Waals surface area contributed by atoms with Crippen molar-refractivity contribution in [2.75, 3.05) is 64.4 Å². The SMILES string of the molecule is C=S1(=O)NC(=O)c2ccc3c(c2)N(C[C@@H]2CC[C@H]2[C@@](CN2CCN(Cc4nc(C)co4)CC2)(OC)/C=C/C[C@H](C)[C@H]1C)C[C@@]1(CCCc2cc(Cl)ccc21)CO3. The molecule has 1 saturated heterocycles. The van der Waals surface area contributed by atoms with E-state index >= 15 is 0 Å². The molecule has 12 heteroatoms. The molecule has 8 rings (SSSR count). The van der Waals surface area contributed by atoms with Crippen LogP contribution in [0.4, 0.5) is 5.69 Å². The lowest BCUT2D eigenvalue weighted by Gasteiger charge is -2.52. The number of methoxy groups -OCH3 is 1. The summed E-state index contributed by atoms with van der Waals surface area (Å²) in [7, 11) is -1.09. The lowest BCUT2D eigenvalue weighted by Crippen LogP contribution is -2.59. The predicted molar refractivity (Wildman–Crippen MR) is 224 cm³/mol. The fraction of sp³-hybridized carbons (Fsp3) is 0.568. The molecule has 0 radical (unpaired) electrons. The third-order valence-electron chi connectivity index (χ3n) is 13.7. The topological polar surface area (TPSA) is 100 Å². The van der Waals surface area contributed by atoms with Gasteiger partial charge in [0.05, 0.1) is 34.2 Å². The molecule has 1 amide bonds. The number of nitrogens with one attached hydrogen (secondary N) is 1. The maximum atomic E-state index is 14.1. The van der Waals surface area contributed by atoms with Gasteiger partial charge in [-0.1, -0.05) is 36.7 Å². The van der Waals surface area contributed by atoms with Crippen LogP contribution in [-0.4, -0.2) is 101 Å². The number of fused-ring (bicyclic) bond motifs is 4. The van der Waals surface area contributed by atoms with E-state index in [1.165, 1.54) is 11.1 Å². The largest absolute Gasteiger partial charge is 0.490 e. The molecule has 3 aliphatic heterocycles. The normalized spacial score (nSPS) is 33.4. The fourth-order valence-electron chi connectivity index (χ4n) is 10.0. The Kier molecular flexibility index (Phi) is 11.1. The summed E-state index contributed by atoms with van der Waals surface area (Å²) < 4.78 is 36.1. The minimum Gasteiger partial charge on any atom is -0.490 e. The van der Waals surface area contributed by atoms with E-state index in [0.717, 1.165) is 113 Å². The Morgan fingerprint density at radius 1 is 1.11 bits per heavy atom. The van der Waals surface area contributed by atoms with Crippen LogP contribution in [0.3, 0.4) is 0 Å². The summed E-state index contributed by atoms with van der Waals surface area (Å²) in [6.45, 7) is 13.3. The van der Waals surface area contributed by atoms with Gasteiger partial charge in [-0.15, -0.1) is 0 Å². The highest BCUT2D eigenvalue weighted by molar-refractivity contribution is 7.99. The molecule has 2 aromatic carbocycles. The summed E-state index contributed by atoms with van der Waals surface area (Å²) in [4.78, 5) is 25.8. The average molecular weight is 804 g/mol. The van der Waals surface area contributed by atoms with Crippen LogP contribution >= 0.6 is 11.6 Å². The first-order valence-corrected chi connectivity index (χ1v) is 22.6. The Bertz CT molecular complexity index is 2060. The smallest absolute Gasteiger partial charge is 0.262 e. The second-order valence-electron chi connectivity index (χ2n) is 17.3. The van der Waals surface area contributed by atoms with Gasteiger partial charge in [0.2, 0.25) is 5.89 Å². The molecule has 2 fully saturated rings. The van der Waals surface area contributed by atoms with Crippen LogP contribution in [0, 0.1) is 24.7 Å². The molecule has 10 nitrogen and oxygen atoms in total. The lowest BCUT2D eigenvalue weighted by molar-refractivity contribution is -0.0958. The van der Waals surface area contributed by atoms with Crippen molar-refractivity contribution < 1.29 is 22.9 Å². The molecule has 7 atom stereocenters. The molecule has 1 aromatic heterocycles. The minimum atomic E-state index is -2.97. The molecule has 2 aliphatic carbocycles. The van der Waals surface area contributed by atoms with Crippen molar-refractivity contribution in [1.29, 1.82) is 0 Å². The van der Waals surface area contributed by atoms with Gasteiger partial charge in [0.1, 0.15) is 17.6 Å². The minimum absolute atomic E-state index is 0.0129. The molecule has 56 heavy (non-hydrogen) atoms. The molecule has 5 aliphatic rings. The summed E-state index contributed by atoms with van der Waals surface area (Å²) in [6.07, 6.45) is 12.2. The molecule has 1 unspecified atom stereocenters. The number of halogens is 1. The van der Waals surface area contributed by atoms with Gasteiger partial charge in [0.25, 0.3) is 5.91 Å². The highest BCUT2D eigenvalue weighted by atomic mass is 35.5. The van der Waals surface area contributed by atoms with Crippen molar-refractivity contribution in [1.82, 2.24) is 19.5 Å². The number of ether oxygens (including phenoxy) is 2. The molecule has 2 bridgehead atoms. The number of aromatic nitrogens is 1. The van der Waals surface area contributed by atoms with Gasteiger partial charge < -0.3 is 18.8 Å². The van der Waals surface area contributed by atoms with Gasteiger partial charge in [-0.05, 0) is 117 Å². The van der Waals surface area contributed by atoms with E-state index in [-0.39, 0.29) is 28.4 Å². The molecular formula is C44H58ClN5O5S. The summed E-state index contributed by atoms with van der Waals surface area (Å²) in [5.41, 5.74) is 4.12. The van der Waals surface area contributed by atoms with Crippen LogP contribution in [0.25, 0.3) is 0 Å². The fourth-order valence-corrected chi connectivity index (χ4v) is 11.7. The molecule has 1 saturated carbocycles. The Labute approximate surface area is 338 Å². The lowest BCUT2D eigenvalue weighted by atomic mass is 9.63. The zero-order valence-electron chi connectivity index (χ0n) is 33.4. The second-order valence-corrected chi connectivity index (χ2v) is 20.1. The second kappa shape index (κ2) is 15.8. The molecule has 4 heterocycles. The van der Waals surface area contributed by atoms with Crippen molar-refractivity contribution in [2.24, 2.45) is 17.8 Å². The number of oxazole rings is 1. The number of benzene rings is 2. The van der Waals surface area contributed by atoms with E-state index in [1.54, 1.807) is 12.3 Å². The highest BCUT2D eigenvalue weighted by Crippen LogP contribution is 2.49. The number of hydrogen-bond donors (Lipinski definition) is 1. The first-order valence-electron chi connectivity index (χ1n) is 20.4.